The van der Waals surface area contributed by atoms with E-state index in [-0.39, 0.29) is 0 Å². The van der Waals surface area contributed by atoms with Crippen LogP contribution in [0.4, 0.5) is 0 Å². The van der Waals surface area contributed by atoms with E-state index in [9.17, 15) is 0 Å². The lowest BCUT2D eigenvalue weighted by molar-refractivity contribution is 1.18. The van der Waals surface area contributed by atoms with E-state index in [1.54, 1.807) is 0 Å². The van der Waals surface area contributed by atoms with Gasteiger partial charge in [-0.25, -0.2) is 0 Å². The molecular formula is C66H44N2. The highest BCUT2D eigenvalue weighted by Crippen LogP contribution is 2.47. The number of fused-ring (bicyclic) bond motifs is 6. The molecule has 2 heteroatoms. The van der Waals surface area contributed by atoms with E-state index in [1.807, 2.05) is 0 Å². The van der Waals surface area contributed by atoms with Gasteiger partial charge < -0.3 is 9.13 Å². The summed E-state index contributed by atoms with van der Waals surface area (Å²) in [5.41, 5.74) is 21.3. The van der Waals surface area contributed by atoms with E-state index in [4.69, 9.17) is 0 Å². The van der Waals surface area contributed by atoms with Gasteiger partial charge in [-0.1, -0.05) is 206 Å². The molecule has 0 amide bonds. The average molecular weight is 865 g/mol. The minimum atomic E-state index is 1.14. The summed E-state index contributed by atoms with van der Waals surface area (Å²) in [5, 5.41) is 5.05. The normalized spacial score (nSPS) is 11.5. The molecule has 0 saturated heterocycles. The van der Waals surface area contributed by atoms with E-state index in [0.29, 0.717) is 0 Å². The number of para-hydroxylation sites is 4. The molecular weight excluding hydrogens is 821 g/mol. The van der Waals surface area contributed by atoms with E-state index >= 15 is 0 Å². The quantitative estimate of drug-likeness (QED) is 0.144. The van der Waals surface area contributed by atoms with Gasteiger partial charge in [0.2, 0.25) is 0 Å². The zero-order chi connectivity index (χ0) is 45.0. The maximum absolute atomic E-state index is 2.44. The van der Waals surface area contributed by atoms with Gasteiger partial charge in [-0.3, -0.25) is 0 Å². The molecule has 0 aliphatic rings. The monoisotopic (exact) mass is 864 g/mol. The maximum Gasteiger partial charge on any atom is 0.0541 e. The average Bonchev–Trinajstić information content (AvgIpc) is 3.94. The number of nitrogens with zero attached hydrogens (tertiary/aromatic N) is 2. The lowest BCUT2D eigenvalue weighted by Gasteiger charge is -2.22. The summed E-state index contributed by atoms with van der Waals surface area (Å²) in [6.07, 6.45) is 0. The largest absolute Gasteiger partial charge is 0.309 e. The van der Waals surface area contributed by atoms with Crippen molar-refractivity contribution in [3.8, 4) is 78.1 Å². The lowest BCUT2D eigenvalue weighted by atomic mass is 9.82. The number of benzene rings is 11. The van der Waals surface area contributed by atoms with Crippen LogP contribution in [0.2, 0.25) is 0 Å². The molecule has 0 bridgehead atoms. The molecule has 0 fully saturated rings. The minimum absolute atomic E-state index is 1.14. The van der Waals surface area contributed by atoms with Crippen LogP contribution in [0.25, 0.3) is 122 Å². The summed E-state index contributed by atoms with van der Waals surface area (Å²) < 4.78 is 4.78. The van der Waals surface area contributed by atoms with Crippen LogP contribution in [0, 0.1) is 0 Å². The SMILES string of the molecule is c1ccc(-c2cc(-c3ccccc3-c3ccc(-n4c5ccccc5c5ccccc54)cc3)c(-c3ccccc3-c3ccc(-n4c5ccccc5c5ccccc54)cc3)cc2-c2ccccc2)cc1. The van der Waals surface area contributed by atoms with Crippen LogP contribution in [-0.4, -0.2) is 9.13 Å². The first-order valence-electron chi connectivity index (χ1n) is 23.4. The fraction of sp³-hybridized carbons (Fsp3) is 0. The minimum Gasteiger partial charge on any atom is -0.309 e. The Hall–Kier alpha value is -8.98. The highest BCUT2D eigenvalue weighted by Gasteiger charge is 2.21. The molecule has 0 N–H and O–H groups in total. The standard InChI is InChI=1S/C66H44N2/c1-3-19-45(20-4-1)59-43-61(53-25-9-7-23-51(53)47-35-39-49(40-36-47)67-63-31-15-11-27-55(63)56-28-12-16-32-64(56)67)62(44-60(59)46-21-5-2-6-22-46)54-26-10-8-24-52(54)48-37-41-50(42-38-48)68-65-33-17-13-29-57(65)58-30-14-18-34-66(58)68/h1-44H. The van der Waals surface area contributed by atoms with Gasteiger partial charge in [0.05, 0.1) is 22.1 Å². The molecule has 0 aliphatic carbocycles. The number of hydrogen-bond donors (Lipinski definition) is 0. The number of rotatable bonds is 8. The number of aromatic nitrogens is 2. The molecule has 0 atom stereocenters. The fourth-order valence-electron chi connectivity index (χ4n) is 10.7. The van der Waals surface area contributed by atoms with Crippen molar-refractivity contribution in [2.24, 2.45) is 0 Å². The molecule has 0 radical (unpaired) electrons. The van der Waals surface area contributed by atoms with Crippen molar-refractivity contribution in [3.63, 3.8) is 0 Å². The predicted molar refractivity (Wildman–Crippen MR) is 288 cm³/mol. The second kappa shape index (κ2) is 16.5. The predicted octanol–water partition coefficient (Wildman–Crippen LogP) is 17.9. The van der Waals surface area contributed by atoms with Crippen molar-refractivity contribution >= 4 is 43.6 Å². The Morgan fingerprint density at radius 2 is 0.441 bits per heavy atom. The van der Waals surface area contributed by atoms with Crippen molar-refractivity contribution < 1.29 is 0 Å². The molecule has 11 aromatic carbocycles. The van der Waals surface area contributed by atoms with Gasteiger partial charge in [0.1, 0.15) is 0 Å². The Labute approximate surface area is 395 Å². The molecule has 0 saturated carbocycles. The molecule has 0 aliphatic heterocycles. The van der Waals surface area contributed by atoms with Gasteiger partial charge in [-0.15, -0.1) is 0 Å². The summed E-state index contributed by atoms with van der Waals surface area (Å²) in [5.74, 6) is 0. The van der Waals surface area contributed by atoms with Crippen molar-refractivity contribution in [2.75, 3.05) is 0 Å². The second-order valence-electron chi connectivity index (χ2n) is 17.6. The first-order valence-corrected chi connectivity index (χ1v) is 23.4. The summed E-state index contributed by atoms with van der Waals surface area (Å²) >= 11 is 0. The van der Waals surface area contributed by atoms with Crippen LogP contribution in [0.15, 0.2) is 267 Å². The maximum atomic E-state index is 2.44. The Kier molecular flexibility index (Phi) is 9.54. The van der Waals surface area contributed by atoms with Gasteiger partial charge in [-0.05, 0) is 127 Å². The van der Waals surface area contributed by atoms with Gasteiger partial charge in [0.25, 0.3) is 0 Å². The van der Waals surface area contributed by atoms with Crippen LogP contribution in [0.1, 0.15) is 0 Å². The third kappa shape index (κ3) is 6.57. The third-order valence-corrected chi connectivity index (χ3v) is 13.8. The van der Waals surface area contributed by atoms with Crippen molar-refractivity contribution in [1.82, 2.24) is 9.13 Å². The molecule has 0 spiro atoms. The Bertz CT molecular complexity index is 3620. The highest BCUT2D eigenvalue weighted by atomic mass is 15.0. The smallest absolute Gasteiger partial charge is 0.0541 e. The van der Waals surface area contributed by atoms with Gasteiger partial charge in [-0.2, -0.15) is 0 Å². The molecule has 318 valence electrons. The van der Waals surface area contributed by atoms with Crippen LogP contribution in [-0.2, 0) is 0 Å². The zero-order valence-electron chi connectivity index (χ0n) is 37.3. The summed E-state index contributed by atoms with van der Waals surface area (Å²) in [7, 11) is 0. The molecule has 2 nitrogen and oxygen atoms in total. The molecule has 2 heterocycles. The van der Waals surface area contributed by atoms with E-state index in [0.717, 1.165) is 11.4 Å². The second-order valence-corrected chi connectivity index (χ2v) is 17.6. The molecule has 13 aromatic rings. The summed E-state index contributed by atoms with van der Waals surface area (Å²) in [6.45, 7) is 0. The lowest BCUT2D eigenvalue weighted by Crippen LogP contribution is -1.96. The van der Waals surface area contributed by atoms with Crippen molar-refractivity contribution in [1.29, 1.82) is 0 Å². The molecule has 0 unspecified atom stereocenters. The van der Waals surface area contributed by atoms with E-state index in [1.165, 1.54) is 110 Å². The third-order valence-electron chi connectivity index (χ3n) is 13.8. The highest BCUT2D eigenvalue weighted by molar-refractivity contribution is 6.10. The van der Waals surface area contributed by atoms with Crippen LogP contribution in [0.5, 0.6) is 0 Å². The first-order chi connectivity index (χ1) is 33.8. The zero-order valence-corrected chi connectivity index (χ0v) is 37.3. The molecule has 68 heavy (non-hydrogen) atoms. The van der Waals surface area contributed by atoms with Crippen molar-refractivity contribution in [2.45, 2.75) is 0 Å². The fourth-order valence-corrected chi connectivity index (χ4v) is 10.7. The number of hydrogen-bond acceptors (Lipinski definition) is 0. The topological polar surface area (TPSA) is 9.86 Å². The first kappa shape index (κ1) is 39.4. The van der Waals surface area contributed by atoms with E-state index in [2.05, 4.69) is 276 Å². The van der Waals surface area contributed by atoms with Gasteiger partial charge in [0.15, 0.2) is 0 Å². The summed E-state index contributed by atoms with van der Waals surface area (Å²) in [4.78, 5) is 0. The Morgan fingerprint density at radius 1 is 0.176 bits per heavy atom. The molecule has 2 aromatic heterocycles. The van der Waals surface area contributed by atoms with Gasteiger partial charge >= 0.3 is 0 Å². The van der Waals surface area contributed by atoms with Crippen LogP contribution < -0.4 is 0 Å². The van der Waals surface area contributed by atoms with Crippen molar-refractivity contribution in [3.05, 3.63) is 267 Å². The Morgan fingerprint density at radius 3 is 0.779 bits per heavy atom. The van der Waals surface area contributed by atoms with Gasteiger partial charge in [0, 0.05) is 32.9 Å². The van der Waals surface area contributed by atoms with Crippen LogP contribution in [0.3, 0.4) is 0 Å². The summed E-state index contributed by atoms with van der Waals surface area (Å²) in [6, 6.07) is 97.6. The Balaban J connectivity index is 0.993. The molecule has 13 rings (SSSR count). The van der Waals surface area contributed by atoms with E-state index < -0.39 is 0 Å². The van der Waals surface area contributed by atoms with Crippen LogP contribution >= 0.6 is 0 Å².